The molecule has 0 spiro atoms. The molecule has 4 heteroatoms. The molecule has 102 valence electrons. The molecule has 1 aromatic carbocycles. The molecule has 0 amide bonds. The van der Waals surface area contributed by atoms with Crippen molar-refractivity contribution >= 4 is 22.1 Å². The molecule has 0 radical (unpaired) electrons. The highest BCUT2D eigenvalue weighted by Gasteiger charge is 2.12. The van der Waals surface area contributed by atoms with Crippen molar-refractivity contribution in [3.05, 3.63) is 30.6 Å². The lowest BCUT2D eigenvalue weighted by molar-refractivity contribution is 0.259. The van der Waals surface area contributed by atoms with E-state index in [0.29, 0.717) is 5.92 Å². The molecular weight excluding hydrogens is 238 g/mol. The number of anilines is 2. The lowest BCUT2D eigenvalue weighted by Crippen LogP contribution is -2.25. The van der Waals surface area contributed by atoms with Gasteiger partial charge in [0.25, 0.3) is 0 Å². The second kappa shape index (κ2) is 5.89. The number of aliphatic hydroxyl groups is 1. The number of nitrogen functional groups attached to an aromatic ring is 1. The van der Waals surface area contributed by atoms with E-state index in [1.165, 1.54) is 0 Å². The number of rotatable bonds is 5. The van der Waals surface area contributed by atoms with Crippen molar-refractivity contribution < 1.29 is 5.11 Å². The van der Waals surface area contributed by atoms with Crippen LogP contribution in [0.5, 0.6) is 0 Å². The Balaban J connectivity index is 2.32. The third-order valence-corrected chi connectivity index (χ3v) is 3.19. The topological polar surface area (TPSA) is 71.2 Å². The van der Waals surface area contributed by atoms with Crippen LogP contribution in [0.4, 0.5) is 11.4 Å². The van der Waals surface area contributed by atoms with Crippen LogP contribution in [-0.4, -0.2) is 22.7 Å². The van der Waals surface area contributed by atoms with Gasteiger partial charge < -0.3 is 16.2 Å². The predicted molar refractivity (Wildman–Crippen MR) is 80.1 cm³/mol. The molecule has 4 N–H and O–H groups in total. The fourth-order valence-electron chi connectivity index (χ4n) is 2.31. The Kier molecular flexibility index (Phi) is 4.22. The largest absolute Gasteiger partial charge is 0.398 e. The molecule has 0 aliphatic heterocycles. The number of nitrogens with zero attached hydrogens (tertiary/aromatic N) is 1. The van der Waals surface area contributed by atoms with Crippen LogP contribution in [0.1, 0.15) is 20.3 Å². The summed E-state index contributed by atoms with van der Waals surface area (Å²) in [7, 11) is 0. The third kappa shape index (κ3) is 3.15. The maximum absolute atomic E-state index is 9.46. The van der Waals surface area contributed by atoms with Crippen molar-refractivity contribution in [2.75, 3.05) is 17.7 Å². The van der Waals surface area contributed by atoms with Gasteiger partial charge in [-0.25, -0.2) is 0 Å². The van der Waals surface area contributed by atoms with Crippen molar-refractivity contribution in [2.24, 2.45) is 5.92 Å². The highest BCUT2D eigenvalue weighted by molar-refractivity contribution is 6.00. The summed E-state index contributed by atoms with van der Waals surface area (Å²) < 4.78 is 0. The van der Waals surface area contributed by atoms with Crippen molar-refractivity contribution in [1.29, 1.82) is 0 Å². The molecule has 1 atom stereocenters. The van der Waals surface area contributed by atoms with Crippen LogP contribution in [0.15, 0.2) is 30.6 Å². The molecule has 19 heavy (non-hydrogen) atoms. The Morgan fingerprint density at radius 1 is 1.26 bits per heavy atom. The van der Waals surface area contributed by atoms with E-state index in [9.17, 15) is 5.11 Å². The molecule has 2 aromatic rings. The first kappa shape index (κ1) is 13.6. The third-order valence-electron chi connectivity index (χ3n) is 3.19. The number of benzene rings is 1. The van der Waals surface area contributed by atoms with Crippen molar-refractivity contribution in [3.8, 4) is 0 Å². The van der Waals surface area contributed by atoms with Gasteiger partial charge in [-0.15, -0.1) is 0 Å². The van der Waals surface area contributed by atoms with Gasteiger partial charge in [0.2, 0.25) is 0 Å². The highest BCUT2D eigenvalue weighted by Crippen LogP contribution is 2.28. The fraction of sp³-hybridized carbons (Fsp3) is 0.400. The molecule has 0 saturated heterocycles. The van der Waals surface area contributed by atoms with E-state index in [0.717, 1.165) is 28.6 Å². The zero-order chi connectivity index (χ0) is 13.8. The number of aromatic nitrogens is 1. The second-order valence-corrected chi connectivity index (χ2v) is 5.28. The average Bonchev–Trinajstić information content (AvgIpc) is 2.41. The molecule has 1 heterocycles. The maximum Gasteiger partial charge on any atom is 0.0632 e. The van der Waals surface area contributed by atoms with Gasteiger partial charge in [0, 0.05) is 40.6 Å². The number of nitrogens with one attached hydrogen (secondary N) is 1. The molecule has 1 unspecified atom stereocenters. The molecule has 2 rings (SSSR count). The first-order valence-electron chi connectivity index (χ1n) is 6.61. The Hall–Kier alpha value is -1.81. The number of hydrogen-bond donors (Lipinski definition) is 3. The van der Waals surface area contributed by atoms with E-state index in [1.807, 2.05) is 18.2 Å². The van der Waals surface area contributed by atoms with Gasteiger partial charge in [0.1, 0.15) is 0 Å². The van der Waals surface area contributed by atoms with Crippen LogP contribution in [0.25, 0.3) is 10.8 Å². The summed E-state index contributed by atoms with van der Waals surface area (Å²) in [6.45, 7) is 4.41. The standard InChI is InChI=1S/C15H21N3O/c1-10(2)7-11(9-19)18-15-4-3-14(16)12-5-6-17-8-13(12)15/h3-6,8,10-11,18-19H,7,9,16H2,1-2H3. The Morgan fingerprint density at radius 3 is 2.74 bits per heavy atom. The van der Waals surface area contributed by atoms with Crippen LogP contribution in [0, 0.1) is 5.92 Å². The highest BCUT2D eigenvalue weighted by atomic mass is 16.3. The lowest BCUT2D eigenvalue weighted by atomic mass is 10.0. The first-order chi connectivity index (χ1) is 9.11. The molecule has 1 aromatic heterocycles. The van der Waals surface area contributed by atoms with Crippen LogP contribution in [0.3, 0.4) is 0 Å². The summed E-state index contributed by atoms with van der Waals surface area (Å²) in [4.78, 5) is 4.15. The molecule has 0 fully saturated rings. The molecular formula is C15H21N3O. The Bertz CT molecular complexity index is 554. The van der Waals surface area contributed by atoms with Gasteiger partial charge in [0.15, 0.2) is 0 Å². The smallest absolute Gasteiger partial charge is 0.0632 e. The molecule has 4 nitrogen and oxygen atoms in total. The van der Waals surface area contributed by atoms with Crippen molar-refractivity contribution in [3.63, 3.8) is 0 Å². The lowest BCUT2D eigenvalue weighted by Gasteiger charge is -2.21. The van der Waals surface area contributed by atoms with E-state index in [2.05, 4.69) is 24.1 Å². The molecule has 0 saturated carbocycles. The van der Waals surface area contributed by atoms with Crippen molar-refractivity contribution in [1.82, 2.24) is 4.98 Å². The van der Waals surface area contributed by atoms with E-state index in [1.54, 1.807) is 12.4 Å². The normalized spacial score (nSPS) is 12.8. The van der Waals surface area contributed by atoms with Crippen LogP contribution < -0.4 is 11.1 Å². The number of nitrogens with two attached hydrogens (primary N) is 1. The van der Waals surface area contributed by atoms with E-state index >= 15 is 0 Å². The summed E-state index contributed by atoms with van der Waals surface area (Å²) in [6, 6.07) is 5.79. The zero-order valence-electron chi connectivity index (χ0n) is 11.4. The van der Waals surface area contributed by atoms with E-state index in [4.69, 9.17) is 5.73 Å². The van der Waals surface area contributed by atoms with Crippen LogP contribution in [0.2, 0.25) is 0 Å². The molecule has 0 aliphatic carbocycles. The Morgan fingerprint density at radius 2 is 2.05 bits per heavy atom. The van der Waals surface area contributed by atoms with E-state index in [-0.39, 0.29) is 12.6 Å². The maximum atomic E-state index is 9.46. The van der Waals surface area contributed by atoms with Gasteiger partial charge >= 0.3 is 0 Å². The molecule has 0 bridgehead atoms. The average molecular weight is 259 g/mol. The van der Waals surface area contributed by atoms with Gasteiger partial charge in [0.05, 0.1) is 6.61 Å². The number of pyridine rings is 1. The second-order valence-electron chi connectivity index (χ2n) is 5.28. The summed E-state index contributed by atoms with van der Waals surface area (Å²) in [5, 5.41) is 14.8. The first-order valence-corrected chi connectivity index (χ1v) is 6.61. The van der Waals surface area contributed by atoms with E-state index < -0.39 is 0 Å². The zero-order valence-corrected chi connectivity index (χ0v) is 11.4. The summed E-state index contributed by atoms with van der Waals surface area (Å²) in [5.74, 6) is 0.530. The van der Waals surface area contributed by atoms with Crippen LogP contribution in [-0.2, 0) is 0 Å². The van der Waals surface area contributed by atoms with Gasteiger partial charge in [-0.2, -0.15) is 0 Å². The Labute approximate surface area is 113 Å². The van der Waals surface area contributed by atoms with Gasteiger partial charge in [-0.3, -0.25) is 4.98 Å². The summed E-state index contributed by atoms with van der Waals surface area (Å²) in [6.07, 6.45) is 4.46. The summed E-state index contributed by atoms with van der Waals surface area (Å²) >= 11 is 0. The van der Waals surface area contributed by atoms with Gasteiger partial charge in [-0.1, -0.05) is 13.8 Å². The number of aliphatic hydroxyl groups excluding tert-OH is 1. The SMILES string of the molecule is CC(C)CC(CO)Nc1ccc(N)c2ccncc12. The minimum absolute atomic E-state index is 0.0482. The molecule has 0 aliphatic rings. The van der Waals surface area contributed by atoms with Crippen LogP contribution >= 0.6 is 0 Å². The van der Waals surface area contributed by atoms with Crippen molar-refractivity contribution in [2.45, 2.75) is 26.3 Å². The summed E-state index contributed by atoms with van der Waals surface area (Å²) in [5.41, 5.74) is 7.68. The monoisotopic (exact) mass is 259 g/mol. The fourth-order valence-corrected chi connectivity index (χ4v) is 2.31. The quantitative estimate of drug-likeness (QED) is 0.722. The minimum Gasteiger partial charge on any atom is -0.398 e. The number of hydrogen-bond acceptors (Lipinski definition) is 4. The van der Waals surface area contributed by atoms with Gasteiger partial charge in [-0.05, 0) is 30.5 Å². The number of fused-ring (bicyclic) bond motifs is 1. The predicted octanol–water partition coefficient (Wildman–Crippen LogP) is 2.64. The minimum atomic E-state index is 0.0482.